The first-order chi connectivity index (χ1) is 9.65. The first-order valence-electron chi connectivity index (χ1n) is 6.14. The predicted octanol–water partition coefficient (Wildman–Crippen LogP) is 0.488. The zero-order valence-electron chi connectivity index (χ0n) is 10.4. The van der Waals surface area contributed by atoms with E-state index in [-0.39, 0.29) is 11.9 Å². The Morgan fingerprint density at radius 2 is 2.20 bits per heavy atom. The summed E-state index contributed by atoms with van der Waals surface area (Å²) in [5, 5.41) is 15.8. The molecular formula is C13H12N4O3. The fourth-order valence-electron chi connectivity index (χ4n) is 2.24. The maximum Gasteiger partial charge on any atom is 0.310 e. The second-order valence-electron chi connectivity index (χ2n) is 4.61. The standard InChI is InChI=1S/C13H12N4O3/c18-12(16-9-2-1-8(5-9)13(19)20)10-6-15-17-4-3-14-7-11(10)17/h1-4,6-9H,5H2,(H,16,18)(H,19,20). The molecule has 7 nitrogen and oxygen atoms in total. The monoisotopic (exact) mass is 272 g/mol. The van der Waals surface area contributed by atoms with E-state index in [1.807, 2.05) is 0 Å². The summed E-state index contributed by atoms with van der Waals surface area (Å²) in [6.07, 6.45) is 9.96. The van der Waals surface area contributed by atoms with Crippen molar-refractivity contribution in [2.24, 2.45) is 5.92 Å². The third-order valence-electron chi connectivity index (χ3n) is 3.29. The summed E-state index contributed by atoms with van der Waals surface area (Å²) in [6, 6.07) is -0.268. The Kier molecular flexibility index (Phi) is 2.94. The molecule has 2 aromatic heterocycles. The summed E-state index contributed by atoms with van der Waals surface area (Å²) in [4.78, 5) is 27.0. The van der Waals surface area contributed by atoms with Crippen molar-refractivity contribution in [3.05, 3.63) is 42.5 Å². The lowest BCUT2D eigenvalue weighted by Crippen LogP contribution is -2.33. The molecule has 102 valence electrons. The highest BCUT2D eigenvalue weighted by Gasteiger charge is 2.26. The summed E-state index contributed by atoms with van der Waals surface area (Å²) < 4.78 is 1.56. The predicted molar refractivity (Wildman–Crippen MR) is 69.1 cm³/mol. The van der Waals surface area contributed by atoms with Crippen LogP contribution in [0.3, 0.4) is 0 Å². The van der Waals surface area contributed by atoms with Crippen LogP contribution in [0.2, 0.25) is 0 Å². The van der Waals surface area contributed by atoms with Gasteiger partial charge < -0.3 is 10.4 Å². The average Bonchev–Trinajstić information content (AvgIpc) is 3.04. The van der Waals surface area contributed by atoms with Gasteiger partial charge in [-0.05, 0) is 6.42 Å². The smallest absolute Gasteiger partial charge is 0.310 e. The number of aliphatic carboxylic acids is 1. The quantitative estimate of drug-likeness (QED) is 0.792. The number of amides is 1. The molecule has 2 aromatic rings. The Morgan fingerprint density at radius 1 is 1.35 bits per heavy atom. The van der Waals surface area contributed by atoms with E-state index in [1.54, 1.807) is 35.3 Å². The van der Waals surface area contributed by atoms with Gasteiger partial charge in [-0.25, -0.2) is 4.52 Å². The highest BCUT2D eigenvalue weighted by Crippen LogP contribution is 2.19. The van der Waals surface area contributed by atoms with Gasteiger partial charge in [-0.2, -0.15) is 5.10 Å². The van der Waals surface area contributed by atoms with Gasteiger partial charge in [0, 0.05) is 18.4 Å². The number of carbonyl (C=O) groups excluding carboxylic acids is 1. The van der Waals surface area contributed by atoms with Crippen LogP contribution in [0.1, 0.15) is 16.8 Å². The number of hydrogen-bond acceptors (Lipinski definition) is 4. The number of nitrogens with zero attached hydrogens (tertiary/aromatic N) is 3. The zero-order chi connectivity index (χ0) is 14.1. The lowest BCUT2D eigenvalue weighted by molar-refractivity contribution is -0.140. The highest BCUT2D eigenvalue weighted by atomic mass is 16.4. The van der Waals surface area contributed by atoms with E-state index < -0.39 is 11.9 Å². The summed E-state index contributed by atoms with van der Waals surface area (Å²) >= 11 is 0. The van der Waals surface area contributed by atoms with Crippen LogP contribution in [0.25, 0.3) is 5.52 Å². The third-order valence-corrected chi connectivity index (χ3v) is 3.29. The van der Waals surface area contributed by atoms with Gasteiger partial charge in [0.05, 0.1) is 29.4 Å². The molecule has 2 unspecified atom stereocenters. The van der Waals surface area contributed by atoms with Crippen molar-refractivity contribution < 1.29 is 14.7 Å². The largest absolute Gasteiger partial charge is 0.481 e. The van der Waals surface area contributed by atoms with Gasteiger partial charge in [0.2, 0.25) is 0 Å². The molecule has 1 amide bonds. The molecule has 2 N–H and O–H groups in total. The zero-order valence-corrected chi connectivity index (χ0v) is 10.4. The lowest BCUT2D eigenvalue weighted by atomic mass is 10.1. The van der Waals surface area contributed by atoms with Gasteiger partial charge in [0.25, 0.3) is 5.91 Å². The van der Waals surface area contributed by atoms with Gasteiger partial charge in [-0.15, -0.1) is 0 Å². The minimum Gasteiger partial charge on any atom is -0.481 e. The number of fused-ring (bicyclic) bond motifs is 1. The molecule has 0 bridgehead atoms. The van der Waals surface area contributed by atoms with E-state index >= 15 is 0 Å². The van der Waals surface area contributed by atoms with Crippen LogP contribution in [-0.2, 0) is 4.79 Å². The molecule has 0 aliphatic heterocycles. The SMILES string of the molecule is O=C(NC1C=CC(C(=O)O)C1)c1cnn2ccncc12. The Morgan fingerprint density at radius 3 is 2.95 bits per heavy atom. The van der Waals surface area contributed by atoms with Crippen molar-refractivity contribution >= 4 is 17.4 Å². The molecule has 2 atom stereocenters. The van der Waals surface area contributed by atoms with Crippen molar-refractivity contribution in [2.75, 3.05) is 0 Å². The summed E-state index contributed by atoms with van der Waals surface area (Å²) in [5.74, 6) is -1.70. The summed E-state index contributed by atoms with van der Waals surface area (Å²) in [7, 11) is 0. The number of carboxylic acids is 1. The van der Waals surface area contributed by atoms with E-state index in [2.05, 4.69) is 15.4 Å². The van der Waals surface area contributed by atoms with Crippen LogP contribution in [0.4, 0.5) is 0 Å². The van der Waals surface area contributed by atoms with Crippen LogP contribution in [0, 0.1) is 5.92 Å². The Hall–Kier alpha value is -2.70. The van der Waals surface area contributed by atoms with Gasteiger partial charge in [0.15, 0.2) is 0 Å². The topological polar surface area (TPSA) is 96.6 Å². The van der Waals surface area contributed by atoms with E-state index in [4.69, 9.17) is 5.11 Å². The van der Waals surface area contributed by atoms with Crippen LogP contribution in [0.5, 0.6) is 0 Å². The molecule has 1 aliphatic rings. The van der Waals surface area contributed by atoms with Crippen LogP contribution >= 0.6 is 0 Å². The first-order valence-corrected chi connectivity index (χ1v) is 6.14. The Bertz CT molecular complexity index is 706. The average molecular weight is 272 g/mol. The molecule has 20 heavy (non-hydrogen) atoms. The normalized spacial score (nSPS) is 21.2. The number of carbonyl (C=O) groups is 2. The summed E-state index contributed by atoms with van der Waals surface area (Å²) in [6.45, 7) is 0. The molecule has 0 fully saturated rings. The minimum absolute atomic E-state index is 0.268. The number of carboxylic acid groups (broad SMARTS) is 1. The van der Waals surface area contributed by atoms with Gasteiger partial charge in [-0.1, -0.05) is 12.2 Å². The van der Waals surface area contributed by atoms with E-state index in [1.165, 1.54) is 6.20 Å². The maximum atomic E-state index is 12.2. The third kappa shape index (κ3) is 2.13. The molecular weight excluding hydrogens is 260 g/mol. The molecule has 0 saturated carbocycles. The lowest BCUT2D eigenvalue weighted by Gasteiger charge is -2.11. The molecule has 0 saturated heterocycles. The van der Waals surface area contributed by atoms with Crippen molar-refractivity contribution in [1.29, 1.82) is 0 Å². The molecule has 1 aliphatic carbocycles. The van der Waals surface area contributed by atoms with Crippen molar-refractivity contribution in [3.8, 4) is 0 Å². The molecule has 7 heteroatoms. The van der Waals surface area contributed by atoms with Gasteiger partial charge >= 0.3 is 5.97 Å². The summed E-state index contributed by atoms with van der Waals surface area (Å²) in [5.41, 5.74) is 1.03. The van der Waals surface area contributed by atoms with E-state index in [0.717, 1.165) is 0 Å². The van der Waals surface area contributed by atoms with Crippen molar-refractivity contribution in [1.82, 2.24) is 19.9 Å². The maximum absolute atomic E-state index is 12.2. The molecule has 3 rings (SSSR count). The van der Waals surface area contributed by atoms with Gasteiger partial charge in [-0.3, -0.25) is 14.6 Å². The number of nitrogens with one attached hydrogen (secondary N) is 1. The Balaban J connectivity index is 1.75. The minimum atomic E-state index is -0.877. The van der Waals surface area contributed by atoms with Crippen molar-refractivity contribution in [2.45, 2.75) is 12.5 Å². The van der Waals surface area contributed by atoms with Crippen molar-refractivity contribution in [3.63, 3.8) is 0 Å². The fourth-order valence-corrected chi connectivity index (χ4v) is 2.24. The number of hydrogen-bond donors (Lipinski definition) is 2. The molecule has 0 spiro atoms. The Labute approximate surface area is 113 Å². The molecule has 2 heterocycles. The number of rotatable bonds is 3. The molecule has 0 radical (unpaired) electrons. The van der Waals surface area contributed by atoms with E-state index in [0.29, 0.717) is 17.5 Å². The van der Waals surface area contributed by atoms with Crippen LogP contribution < -0.4 is 5.32 Å². The first kappa shape index (κ1) is 12.3. The molecule has 0 aromatic carbocycles. The van der Waals surface area contributed by atoms with Crippen LogP contribution in [-0.4, -0.2) is 37.6 Å². The second-order valence-corrected chi connectivity index (χ2v) is 4.61. The highest BCUT2D eigenvalue weighted by molar-refractivity contribution is 6.00. The van der Waals surface area contributed by atoms with Gasteiger partial charge in [0.1, 0.15) is 0 Å². The van der Waals surface area contributed by atoms with Crippen LogP contribution in [0.15, 0.2) is 36.9 Å². The fraction of sp³-hybridized carbons (Fsp3) is 0.231. The van der Waals surface area contributed by atoms with E-state index in [9.17, 15) is 9.59 Å². The number of aromatic nitrogens is 3. The second kappa shape index (κ2) is 4.76.